The third-order valence-corrected chi connectivity index (χ3v) is 2.83. The number of rotatable bonds is 6. The molecule has 0 saturated heterocycles. The molecule has 0 aromatic heterocycles. The number of ether oxygens (including phenoxy) is 1. The molecule has 5 heteroatoms. The lowest BCUT2D eigenvalue weighted by atomic mass is 10.5. The molecular weight excluding hydrogens is 264 g/mol. The molecule has 0 rings (SSSR count). The maximum absolute atomic E-state index is 10.7. The van der Waals surface area contributed by atoms with E-state index in [0.29, 0.717) is 13.2 Å². The molecular formula is C9H17BrO3Si. The lowest BCUT2D eigenvalue weighted by Gasteiger charge is -2.19. The molecule has 1 atom stereocenters. The molecule has 14 heavy (non-hydrogen) atoms. The van der Waals surface area contributed by atoms with Gasteiger partial charge in [-0.1, -0.05) is 22.5 Å². The van der Waals surface area contributed by atoms with Crippen molar-refractivity contribution in [3.05, 3.63) is 12.7 Å². The zero-order valence-corrected chi connectivity index (χ0v) is 11.5. The van der Waals surface area contributed by atoms with Crippen LogP contribution < -0.4 is 0 Å². The van der Waals surface area contributed by atoms with E-state index in [1.807, 2.05) is 0 Å². The average Bonchev–Trinajstić information content (AvgIpc) is 2.09. The Morgan fingerprint density at radius 2 is 2.07 bits per heavy atom. The lowest BCUT2D eigenvalue weighted by molar-refractivity contribution is -0.137. The predicted molar refractivity (Wildman–Crippen MR) is 63.2 cm³/mol. The highest BCUT2D eigenvalue weighted by atomic mass is 79.9. The van der Waals surface area contributed by atoms with Crippen LogP contribution in [-0.2, 0) is 14.0 Å². The van der Waals surface area contributed by atoms with Crippen molar-refractivity contribution in [2.24, 2.45) is 0 Å². The first-order chi connectivity index (χ1) is 6.35. The van der Waals surface area contributed by atoms with Crippen LogP contribution in [0.2, 0.25) is 19.6 Å². The molecule has 0 spiro atoms. The van der Waals surface area contributed by atoms with Gasteiger partial charge in [-0.25, -0.2) is 4.79 Å². The molecule has 0 amide bonds. The molecule has 0 fully saturated rings. The number of esters is 1. The van der Waals surface area contributed by atoms with Gasteiger partial charge in [-0.15, -0.1) is 0 Å². The Labute approximate surface area is 94.7 Å². The van der Waals surface area contributed by atoms with Crippen LogP contribution in [0.5, 0.6) is 0 Å². The minimum atomic E-state index is -1.48. The van der Waals surface area contributed by atoms with Crippen LogP contribution in [0, 0.1) is 0 Å². The number of halogens is 1. The van der Waals surface area contributed by atoms with Crippen LogP contribution in [0.3, 0.4) is 0 Å². The summed E-state index contributed by atoms with van der Waals surface area (Å²) in [6, 6.07) is 0. The molecule has 0 aromatic carbocycles. The first kappa shape index (κ1) is 13.9. The summed E-state index contributed by atoms with van der Waals surface area (Å²) in [7, 11) is -1.48. The number of alkyl halides is 1. The molecule has 0 aliphatic carbocycles. The second kappa shape index (κ2) is 6.37. The van der Waals surface area contributed by atoms with E-state index >= 15 is 0 Å². The standard InChI is InChI=1S/C9H17BrO3Si/c1-5-9(11)12-6-8(10)7-13-14(2,3)4/h5,8H,1,6-7H2,2-4H3. The SMILES string of the molecule is C=CC(=O)OCC(Br)CO[Si](C)(C)C. The van der Waals surface area contributed by atoms with Gasteiger partial charge in [-0.3, -0.25) is 0 Å². The van der Waals surface area contributed by atoms with Gasteiger partial charge in [0.25, 0.3) is 0 Å². The summed E-state index contributed by atoms with van der Waals surface area (Å²) in [5.74, 6) is -0.401. The Morgan fingerprint density at radius 3 is 2.50 bits per heavy atom. The van der Waals surface area contributed by atoms with Crippen LogP contribution in [0.15, 0.2) is 12.7 Å². The van der Waals surface area contributed by atoms with E-state index in [0.717, 1.165) is 6.08 Å². The van der Waals surface area contributed by atoms with Crippen molar-refractivity contribution < 1.29 is 14.0 Å². The molecule has 82 valence electrons. The maximum atomic E-state index is 10.7. The van der Waals surface area contributed by atoms with Crippen molar-refractivity contribution in [1.29, 1.82) is 0 Å². The second-order valence-corrected chi connectivity index (χ2v) is 9.66. The van der Waals surface area contributed by atoms with Crippen LogP contribution in [-0.4, -0.2) is 32.3 Å². The largest absolute Gasteiger partial charge is 0.461 e. The molecule has 0 N–H and O–H groups in total. The fraction of sp³-hybridized carbons (Fsp3) is 0.667. The highest BCUT2D eigenvalue weighted by molar-refractivity contribution is 9.09. The maximum Gasteiger partial charge on any atom is 0.330 e. The first-order valence-electron chi connectivity index (χ1n) is 4.42. The Kier molecular flexibility index (Phi) is 6.31. The van der Waals surface area contributed by atoms with Crippen LogP contribution in [0.1, 0.15) is 0 Å². The van der Waals surface area contributed by atoms with Gasteiger partial charge >= 0.3 is 5.97 Å². The molecule has 0 aromatic rings. The minimum Gasteiger partial charge on any atom is -0.461 e. The molecule has 3 nitrogen and oxygen atoms in total. The van der Waals surface area contributed by atoms with E-state index in [1.54, 1.807) is 0 Å². The fourth-order valence-corrected chi connectivity index (χ4v) is 1.83. The van der Waals surface area contributed by atoms with Crippen LogP contribution in [0.25, 0.3) is 0 Å². The normalized spacial score (nSPS) is 13.4. The molecule has 1 unspecified atom stereocenters. The smallest absolute Gasteiger partial charge is 0.330 e. The van der Waals surface area contributed by atoms with Gasteiger partial charge in [-0.05, 0) is 19.6 Å². The molecule has 0 bridgehead atoms. The number of carbonyl (C=O) groups is 1. The topological polar surface area (TPSA) is 35.5 Å². The van der Waals surface area contributed by atoms with E-state index in [-0.39, 0.29) is 4.83 Å². The summed E-state index contributed by atoms with van der Waals surface area (Å²) in [6.45, 7) is 10.5. The van der Waals surface area contributed by atoms with Crippen molar-refractivity contribution >= 4 is 30.2 Å². The van der Waals surface area contributed by atoms with Crippen molar-refractivity contribution in [3.8, 4) is 0 Å². The second-order valence-electron chi connectivity index (χ2n) is 3.85. The van der Waals surface area contributed by atoms with E-state index in [1.165, 1.54) is 0 Å². The first-order valence-corrected chi connectivity index (χ1v) is 8.75. The third-order valence-electron chi connectivity index (χ3n) is 1.27. The highest BCUT2D eigenvalue weighted by Gasteiger charge is 2.16. The summed E-state index contributed by atoms with van der Waals surface area (Å²) in [5, 5.41) is 0. The number of hydrogen-bond acceptors (Lipinski definition) is 3. The van der Waals surface area contributed by atoms with E-state index in [9.17, 15) is 4.79 Å². The number of hydrogen-bond donors (Lipinski definition) is 0. The van der Waals surface area contributed by atoms with Gasteiger partial charge in [0.2, 0.25) is 0 Å². The summed E-state index contributed by atoms with van der Waals surface area (Å²) >= 11 is 3.37. The van der Waals surface area contributed by atoms with Crippen molar-refractivity contribution in [2.75, 3.05) is 13.2 Å². The molecule has 0 aliphatic heterocycles. The highest BCUT2D eigenvalue weighted by Crippen LogP contribution is 2.08. The Balaban J connectivity index is 3.61. The Bertz CT molecular complexity index is 201. The Hall–Kier alpha value is -0.133. The van der Waals surface area contributed by atoms with Crippen molar-refractivity contribution in [1.82, 2.24) is 0 Å². The van der Waals surface area contributed by atoms with Crippen LogP contribution in [0.4, 0.5) is 0 Å². The lowest BCUT2D eigenvalue weighted by Crippen LogP contribution is -2.30. The summed E-state index contributed by atoms with van der Waals surface area (Å²) in [5.41, 5.74) is 0. The Morgan fingerprint density at radius 1 is 1.50 bits per heavy atom. The average molecular weight is 281 g/mol. The number of carbonyl (C=O) groups excluding carboxylic acids is 1. The molecule has 0 aliphatic rings. The third kappa shape index (κ3) is 8.46. The zero-order valence-electron chi connectivity index (χ0n) is 8.88. The van der Waals surface area contributed by atoms with Gasteiger partial charge in [0.05, 0.1) is 4.83 Å². The zero-order chi connectivity index (χ0) is 11.2. The molecule has 0 heterocycles. The van der Waals surface area contributed by atoms with E-state index in [4.69, 9.17) is 9.16 Å². The van der Waals surface area contributed by atoms with E-state index < -0.39 is 14.3 Å². The van der Waals surface area contributed by atoms with Gasteiger partial charge in [-0.2, -0.15) is 0 Å². The summed E-state index contributed by atoms with van der Waals surface area (Å²) in [6.07, 6.45) is 1.15. The van der Waals surface area contributed by atoms with Crippen molar-refractivity contribution in [2.45, 2.75) is 24.5 Å². The van der Waals surface area contributed by atoms with Gasteiger partial charge in [0.15, 0.2) is 8.32 Å². The van der Waals surface area contributed by atoms with Gasteiger partial charge < -0.3 is 9.16 Å². The van der Waals surface area contributed by atoms with Gasteiger partial charge in [0, 0.05) is 12.7 Å². The molecule has 0 radical (unpaired) electrons. The quantitative estimate of drug-likeness (QED) is 0.324. The van der Waals surface area contributed by atoms with Gasteiger partial charge in [0.1, 0.15) is 6.61 Å². The summed E-state index contributed by atoms with van der Waals surface area (Å²) < 4.78 is 10.5. The molecule has 0 saturated carbocycles. The predicted octanol–water partition coefficient (Wildman–Crippen LogP) is 2.33. The van der Waals surface area contributed by atoms with Crippen LogP contribution >= 0.6 is 15.9 Å². The fourth-order valence-electron chi connectivity index (χ4n) is 0.620. The minimum absolute atomic E-state index is 0.0538. The van der Waals surface area contributed by atoms with Crippen molar-refractivity contribution in [3.63, 3.8) is 0 Å². The summed E-state index contributed by atoms with van der Waals surface area (Å²) in [4.78, 5) is 10.8. The monoisotopic (exact) mass is 280 g/mol. The van der Waals surface area contributed by atoms with E-state index in [2.05, 4.69) is 42.1 Å².